The van der Waals surface area contributed by atoms with Crippen LogP contribution in [0.1, 0.15) is 0 Å². The van der Waals surface area contributed by atoms with Gasteiger partial charge in [-0.2, -0.15) is 0 Å². The Labute approximate surface area is 69.6 Å². The Morgan fingerprint density at radius 2 is 2.45 bits per heavy atom. The van der Waals surface area contributed by atoms with Gasteiger partial charge in [-0.3, -0.25) is 4.79 Å². The van der Waals surface area contributed by atoms with Crippen LogP contribution in [0.4, 0.5) is 5.82 Å². The molecule has 0 fully saturated rings. The molecule has 1 aromatic rings. The standard InChI is InChI=1S/C7H7ClN2O/c1-10(5-11)7-4-6(8)2-3-9-7/h2-5H,1H3. The van der Waals surface area contributed by atoms with Crippen LogP contribution in [0, 0.1) is 0 Å². The van der Waals surface area contributed by atoms with E-state index in [4.69, 9.17) is 11.6 Å². The predicted octanol–water partition coefficient (Wildman–Crippen LogP) is 1.33. The fraction of sp³-hybridized carbons (Fsp3) is 0.143. The molecule has 0 aliphatic rings. The molecule has 1 rings (SSSR count). The summed E-state index contributed by atoms with van der Waals surface area (Å²) in [4.78, 5) is 15.5. The van der Waals surface area contributed by atoms with Crippen LogP contribution < -0.4 is 4.90 Å². The fourth-order valence-electron chi connectivity index (χ4n) is 0.640. The molecule has 0 saturated carbocycles. The zero-order valence-corrected chi connectivity index (χ0v) is 6.75. The van der Waals surface area contributed by atoms with E-state index >= 15 is 0 Å². The number of aromatic nitrogens is 1. The molecule has 0 aliphatic heterocycles. The van der Waals surface area contributed by atoms with Crippen molar-refractivity contribution >= 4 is 23.8 Å². The summed E-state index contributed by atoms with van der Waals surface area (Å²) < 4.78 is 0. The first-order valence-electron chi connectivity index (χ1n) is 3.03. The summed E-state index contributed by atoms with van der Waals surface area (Å²) in [5.74, 6) is 0.549. The largest absolute Gasteiger partial charge is 0.303 e. The summed E-state index contributed by atoms with van der Waals surface area (Å²) in [6.07, 6.45) is 2.23. The lowest BCUT2D eigenvalue weighted by Gasteiger charge is -2.07. The topological polar surface area (TPSA) is 33.2 Å². The number of carbonyl (C=O) groups is 1. The van der Waals surface area contributed by atoms with Gasteiger partial charge in [-0.25, -0.2) is 4.98 Å². The zero-order valence-electron chi connectivity index (χ0n) is 5.99. The highest BCUT2D eigenvalue weighted by atomic mass is 35.5. The highest BCUT2D eigenvalue weighted by molar-refractivity contribution is 6.30. The van der Waals surface area contributed by atoms with E-state index in [0.29, 0.717) is 17.3 Å². The highest BCUT2D eigenvalue weighted by Crippen LogP contribution is 2.13. The minimum atomic E-state index is 0.549. The minimum Gasteiger partial charge on any atom is -0.303 e. The molecule has 0 N–H and O–H groups in total. The number of amides is 1. The normalized spacial score (nSPS) is 9.27. The Morgan fingerprint density at radius 1 is 1.73 bits per heavy atom. The van der Waals surface area contributed by atoms with Gasteiger partial charge >= 0.3 is 0 Å². The minimum absolute atomic E-state index is 0.549. The third-order valence-electron chi connectivity index (χ3n) is 1.23. The first-order chi connectivity index (χ1) is 5.24. The number of hydrogen-bond donors (Lipinski definition) is 0. The lowest BCUT2D eigenvalue weighted by molar-refractivity contribution is -0.107. The summed E-state index contributed by atoms with van der Waals surface area (Å²) in [5, 5.41) is 0.573. The maximum atomic E-state index is 10.3. The molecule has 0 aliphatic carbocycles. The van der Waals surface area contributed by atoms with Crippen molar-refractivity contribution in [3.8, 4) is 0 Å². The molecule has 0 atom stereocenters. The van der Waals surface area contributed by atoms with Crippen LogP contribution in [-0.4, -0.2) is 18.4 Å². The summed E-state index contributed by atoms with van der Waals surface area (Å²) in [5.41, 5.74) is 0. The van der Waals surface area contributed by atoms with Crippen molar-refractivity contribution in [2.75, 3.05) is 11.9 Å². The van der Waals surface area contributed by atoms with Crippen LogP contribution >= 0.6 is 11.6 Å². The van der Waals surface area contributed by atoms with E-state index in [1.165, 1.54) is 4.90 Å². The molecular weight excluding hydrogens is 164 g/mol. The van der Waals surface area contributed by atoms with Crippen LogP contribution in [0.25, 0.3) is 0 Å². The third-order valence-corrected chi connectivity index (χ3v) is 1.46. The number of pyridine rings is 1. The Balaban J connectivity index is 2.95. The molecular formula is C7H7ClN2O. The van der Waals surface area contributed by atoms with E-state index in [0.717, 1.165) is 0 Å². The smallest absolute Gasteiger partial charge is 0.215 e. The molecule has 0 bridgehead atoms. The lowest BCUT2D eigenvalue weighted by atomic mass is 10.4. The molecule has 1 amide bonds. The highest BCUT2D eigenvalue weighted by Gasteiger charge is 1.98. The molecule has 1 aromatic heterocycles. The number of rotatable bonds is 2. The molecule has 0 radical (unpaired) electrons. The molecule has 0 spiro atoms. The molecule has 58 valence electrons. The maximum absolute atomic E-state index is 10.3. The molecule has 3 nitrogen and oxygen atoms in total. The van der Waals surface area contributed by atoms with E-state index in [2.05, 4.69) is 4.98 Å². The molecule has 0 aromatic carbocycles. The number of hydrogen-bond acceptors (Lipinski definition) is 2. The second kappa shape index (κ2) is 3.34. The van der Waals surface area contributed by atoms with Gasteiger partial charge in [0.15, 0.2) is 0 Å². The van der Waals surface area contributed by atoms with Gasteiger partial charge in [0, 0.05) is 18.3 Å². The Morgan fingerprint density at radius 3 is 3.00 bits per heavy atom. The number of nitrogens with zero attached hydrogens (tertiary/aromatic N) is 2. The third kappa shape index (κ3) is 1.91. The summed E-state index contributed by atoms with van der Waals surface area (Å²) in [7, 11) is 1.62. The Bertz CT molecular complexity index is 264. The van der Waals surface area contributed by atoms with Gasteiger partial charge in [-0.15, -0.1) is 0 Å². The first-order valence-corrected chi connectivity index (χ1v) is 3.41. The van der Waals surface area contributed by atoms with E-state index in [-0.39, 0.29) is 0 Å². The van der Waals surface area contributed by atoms with Crippen LogP contribution in [-0.2, 0) is 4.79 Å². The number of carbonyl (C=O) groups excluding carboxylic acids is 1. The Kier molecular flexibility index (Phi) is 2.44. The molecule has 11 heavy (non-hydrogen) atoms. The Hall–Kier alpha value is -1.09. The van der Waals surface area contributed by atoms with Crippen LogP contribution in [0.15, 0.2) is 18.3 Å². The van der Waals surface area contributed by atoms with Crippen molar-refractivity contribution in [1.82, 2.24) is 4.98 Å². The van der Waals surface area contributed by atoms with Crippen LogP contribution in [0.3, 0.4) is 0 Å². The predicted molar refractivity (Wildman–Crippen MR) is 43.7 cm³/mol. The zero-order chi connectivity index (χ0) is 8.27. The number of halogens is 1. The van der Waals surface area contributed by atoms with E-state index in [9.17, 15) is 4.79 Å². The SMILES string of the molecule is CN(C=O)c1cc(Cl)ccn1. The van der Waals surface area contributed by atoms with Crippen molar-refractivity contribution in [3.05, 3.63) is 23.4 Å². The van der Waals surface area contributed by atoms with Gasteiger partial charge in [0.1, 0.15) is 5.82 Å². The second-order valence-corrected chi connectivity index (χ2v) is 2.49. The van der Waals surface area contributed by atoms with Crippen molar-refractivity contribution in [1.29, 1.82) is 0 Å². The van der Waals surface area contributed by atoms with Crippen molar-refractivity contribution in [2.45, 2.75) is 0 Å². The average Bonchev–Trinajstić information content (AvgIpc) is 2.03. The molecule has 1 heterocycles. The van der Waals surface area contributed by atoms with Gasteiger partial charge in [0.25, 0.3) is 0 Å². The average molecular weight is 171 g/mol. The summed E-state index contributed by atoms with van der Waals surface area (Å²) >= 11 is 5.66. The molecule has 0 saturated heterocycles. The fourth-order valence-corrected chi connectivity index (χ4v) is 0.794. The van der Waals surface area contributed by atoms with Crippen LogP contribution in [0.5, 0.6) is 0 Å². The summed E-state index contributed by atoms with van der Waals surface area (Å²) in [6, 6.07) is 3.28. The quantitative estimate of drug-likeness (QED) is 0.628. The maximum Gasteiger partial charge on any atom is 0.215 e. The lowest BCUT2D eigenvalue weighted by Crippen LogP contribution is -2.14. The van der Waals surface area contributed by atoms with E-state index in [1.807, 2.05) is 0 Å². The molecule has 4 heteroatoms. The van der Waals surface area contributed by atoms with Crippen LogP contribution in [0.2, 0.25) is 5.02 Å². The van der Waals surface area contributed by atoms with Crippen molar-refractivity contribution in [3.63, 3.8) is 0 Å². The summed E-state index contributed by atoms with van der Waals surface area (Å²) in [6.45, 7) is 0. The van der Waals surface area contributed by atoms with Crippen molar-refractivity contribution in [2.24, 2.45) is 0 Å². The number of anilines is 1. The van der Waals surface area contributed by atoms with E-state index in [1.54, 1.807) is 25.4 Å². The second-order valence-electron chi connectivity index (χ2n) is 2.05. The monoisotopic (exact) mass is 170 g/mol. The van der Waals surface area contributed by atoms with Gasteiger partial charge in [0.05, 0.1) is 0 Å². The van der Waals surface area contributed by atoms with E-state index < -0.39 is 0 Å². The van der Waals surface area contributed by atoms with Gasteiger partial charge in [-0.05, 0) is 12.1 Å². The van der Waals surface area contributed by atoms with Gasteiger partial charge in [0.2, 0.25) is 6.41 Å². The van der Waals surface area contributed by atoms with Gasteiger partial charge < -0.3 is 4.90 Å². The van der Waals surface area contributed by atoms with Gasteiger partial charge in [-0.1, -0.05) is 11.6 Å². The first kappa shape index (κ1) is 8.01. The molecule has 0 unspecified atom stereocenters. The van der Waals surface area contributed by atoms with Crippen molar-refractivity contribution < 1.29 is 4.79 Å².